The molecule has 1 heterocycles. The van der Waals surface area contributed by atoms with Gasteiger partial charge in [0, 0.05) is 44.4 Å². The molecule has 0 aliphatic carbocycles. The predicted molar refractivity (Wildman–Crippen MR) is 170 cm³/mol. The van der Waals surface area contributed by atoms with Crippen LogP contribution in [0.4, 0.5) is 11.4 Å². The van der Waals surface area contributed by atoms with Crippen LogP contribution in [0.2, 0.25) is 20.1 Å². The molecule has 43 heavy (non-hydrogen) atoms. The smallest absolute Gasteiger partial charge is 0.264 e. The molecule has 4 aromatic rings. The molecule has 0 saturated carbocycles. The summed E-state index contributed by atoms with van der Waals surface area (Å²) in [5.41, 5.74) is 1.83. The van der Waals surface area contributed by atoms with E-state index in [4.69, 9.17) is 46.4 Å². The highest BCUT2D eigenvalue weighted by atomic mass is 35.5. The first-order chi connectivity index (χ1) is 20.4. The van der Waals surface area contributed by atoms with E-state index in [2.05, 4.69) is 5.32 Å². The first-order valence-electron chi connectivity index (χ1n) is 12.8. The molecule has 14 heteroatoms. The van der Waals surface area contributed by atoms with Gasteiger partial charge in [-0.2, -0.15) is 4.31 Å². The number of hydrogen-bond acceptors (Lipinski definition) is 5. The standard InChI is InChI=1S/C29H23Cl4N3O5S2/c30-20-5-10-23(11-6-20)42(38,39)35(17-25-26(32)2-1-3-27(25)33)18-29(37)34-22-9-4-19-14-15-36(28(19)16-22)43(40,41)24-12-7-21(31)8-13-24/h1-13,16H,14-15,17-18H2,(H,34,37). The van der Waals surface area contributed by atoms with Gasteiger partial charge in [0.2, 0.25) is 15.9 Å². The summed E-state index contributed by atoms with van der Waals surface area (Å²) in [5, 5.41) is 3.94. The summed E-state index contributed by atoms with van der Waals surface area (Å²) in [6.45, 7) is -0.645. The highest BCUT2D eigenvalue weighted by molar-refractivity contribution is 7.92. The predicted octanol–water partition coefficient (Wildman–Crippen LogP) is 6.88. The average Bonchev–Trinajstić information content (AvgIpc) is 3.39. The van der Waals surface area contributed by atoms with E-state index in [0.717, 1.165) is 9.87 Å². The van der Waals surface area contributed by atoms with Gasteiger partial charge in [0.25, 0.3) is 10.0 Å². The van der Waals surface area contributed by atoms with Crippen molar-refractivity contribution in [1.82, 2.24) is 4.31 Å². The van der Waals surface area contributed by atoms with Gasteiger partial charge in [0.1, 0.15) is 0 Å². The second-order valence-corrected chi connectivity index (χ2v) is 15.1. The lowest BCUT2D eigenvalue weighted by molar-refractivity contribution is -0.116. The van der Waals surface area contributed by atoms with Gasteiger partial charge < -0.3 is 5.32 Å². The molecule has 224 valence electrons. The Labute approximate surface area is 269 Å². The Bertz CT molecular complexity index is 1880. The number of sulfonamides is 2. The number of carbonyl (C=O) groups excluding carboxylic acids is 1. The third-order valence-corrected chi connectivity index (χ3v) is 11.6. The van der Waals surface area contributed by atoms with Crippen LogP contribution in [0, 0.1) is 0 Å². The summed E-state index contributed by atoms with van der Waals surface area (Å²) in [6.07, 6.45) is 0.488. The molecule has 0 fully saturated rings. The quantitative estimate of drug-likeness (QED) is 0.205. The SMILES string of the molecule is O=C(CN(Cc1c(Cl)cccc1Cl)S(=O)(=O)c1ccc(Cl)cc1)Nc1ccc2c(c1)N(S(=O)(=O)c1ccc(Cl)cc1)CC2. The number of rotatable bonds is 9. The van der Waals surface area contributed by atoms with Gasteiger partial charge in [-0.25, -0.2) is 16.8 Å². The van der Waals surface area contributed by atoms with E-state index in [1.54, 1.807) is 36.4 Å². The van der Waals surface area contributed by atoms with Crippen molar-refractivity contribution in [3.63, 3.8) is 0 Å². The maximum absolute atomic E-state index is 13.7. The summed E-state index contributed by atoms with van der Waals surface area (Å²) in [7, 11) is -8.10. The van der Waals surface area contributed by atoms with Crippen molar-refractivity contribution < 1.29 is 21.6 Å². The fourth-order valence-electron chi connectivity index (χ4n) is 4.61. The van der Waals surface area contributed by atoms with Crippen molar-refractivity contribution >= 4 is 83.7 Å². The van der Waals surface area contributed by atoms with Crippen LogP contribution < -0.4 is 9.62 Å². The zero-order valence-electron chi connectivity index (χ0n) is 22.2. The second kappa shape index (κ2) is 12.6. The number of carbonyl (C=O) groups is 1. The number of benzene rings is 4. The minimum absolute atomic E-state index is 0.0755. The summed E-state index contributed by atoms with van der Waals surface area (Å²) >= 11 is 24.5. The molecule has 0 saturated heterocycles. The Kier molecular flexibility index (Phi) is 9.29. The van der Waals surface area contributed by atoms with Crippen LogP contribution in [-0.2, 0) is 37.8 Å². The van der Waals surface area contributed by atoms with Gasteiger partial charge in [0.05, 0.1) is 22.0 Å². The first-order valence-corrected chi connectivity index (χ1v) is 17.1. The van der Waals surface area contributed by atoms with Gasteiger partial charge in [-0.1, -0.05) is 58.5 Å². The lowest BCUT2D eigenvalue weighted by atomic mass is 10.1. The molecule has 1 aliphatic rings. The first kappa shape index (κ1) is 31.6. The van der Waals surface area contributed by atoms with E-state index in [0.29, 0.717) is 33.4 Å². The molecule has 0 unspecified atom stereocenters. The van der Waals surface area contributed by atoms with E-state index in [1.165, 1.54) is 52.8 Å². The normalized spacial score (nSPS) is 13.3. The van der Waals surface area contributed by atoms with Crippen molar-refractivity contribution in [2.24, 2.45) is 0 Å². The third kappa shape index (κ3) is 6.81. The highest BCUT2D eigenvalue weighted by Gasteiger charge is 2.32. The minimum atomic E-state index is -4.21. The molecule has 0 spiro atoms. The molecule has 8 nitrogen and oxygen atoms in total. The molecule has 1 aliphatic heterocycles. The van der Waals surface area contributed by atoms with Crippen molar-refractivity contribution in [2.45, 2.75) is 22.8 Å². The monoisotopic (exact) mass is 697 g/mol. The molecule has 0 aromatic heterocycles. The fraction of sp³-hybridized carbons (Fsp3) is 0.138. The van der Waals surface area contributed by atoms with E-state index >= 15 is 0 Å². The van der Waals surface area contributed by atoms with Gasteiger partial charge in [-0.15, -0.1) is 0 Å². The molecule has 0 bridgehead atoms. The fourth-order valence-corrected chi connectivity index (χ4v) is 8.24. The molecule has 5 rings (SSSR count). The molecule has 0 radical (unpaired) electrons. The summed E-state index contributed by atoms with van der Waals surface area (Å²) in [4.78, 5) is 13.3. The topological polar surface area (TPSA) is 104 Å². The van der Waals surface area contributed by atoms with Crippen LogP contribution in [0.1, 0.15) is 11.1 Å². The number of nitrogens with zero attached hydrogens (tertiary/aromatic N) is 2. The van der Waals surface area contributed by atoms with Crippen molar-refractivity contribution in [2.75, 3.05) is 22.7 Å². The highest BCUT2D eigenvalue weighted by Crippen LogP contribution is 2.35. The number of hydrogen-bond donors (Lipinski definition) is 1. The van der Waals surface area contributed by atoms with Crippen molar-refractivity contribution in [3.8, 4) is 0 Å². The van der Waals surface area contributed by atoms with Crippen LogP contribution in [0.15, 0.2) is 94.7 Å². The molecular weight excluding hydrogens is 676 g/mol. The van der Waals surface area contributed by atoms with Gasteiger partial charge in [0.15, 0.2) is 0 Å². The van der Waals surface area contributed by atoms with Crippen molar-refractivity contribution in [1.29, 1.82) is 0 Å². The largest absolute Gasteiger partial charge is 0.325 e. The molecule has 1 N–H and O–H groups in total. The van der Waals surface area contributed by atoms with E-state index in [-0.39, 0.29) is 32.9 Å². The Hall–Kier alpha value is -2.83. The Morgan fingerprint density at radius 3 is 1.98 bits per heavy atom. The molecular formula is C29H23Cl4N3O5S2. The summed E-state index contributed by atoms with van der Waals surface area (Å²) in [5.74, 6) is -0.661. The summed E-state index contributed by atoms with van der Waals surface area (Å²) < 4.78 is 56.3. The zero-order valence-corrected chi connectivity index (χ0v) is 26.8. The minimum Gasteiger partial charge on any atom is -0.325 e. The van der Waals surface area contributed by atoms with Crippen LogP contribution in [-0.4, -0.2) is 40.1 Å². The lowest BCUT2D eigenvalue weighted by Gasteiger charge is -2.23. The van der Waals surface area contributed by atoms with Gasteiger partial charge in [-0.05, 0) is 84.8 Å². The lowest BCUT2D eigenvalue weighted by Crippen LogP contribution is -2.37. The van der Waals surface area contributed by atoms with Gasteiger partial charge >= 0.3 is 0 Å². The number of nitrogens with one attached hydrogen (secondary N) is 1. The maximum atomic E-state index is 13.7. The van der Waals surface area contributed by atoms with E-state index in [1.807, 2.05) is 0 Å². The van der Waals surface area contributed by atoms with Crippen LogP contribution >= 0.6 is 46.4 Å². The maximum Gasteiger partial charge on any atom is 0.264 e. The molecule has 0 atom stereocenters. The van der Waals surface area contributed by atoms with Crippen LogP contribution in [0.3, 0.4) is 0 Å². The Morgan fingerprint density at radius 2 is 1.37 bits per heavy atom. The Morgan fingerprint density at radius 1 is 0.791 bits per heavy atom. The van der Waals surface area contributed by atoms with Gasteiger partial charge in [-0.3, -0.25) is 9.10 Å². The third-order valence-electron chi connectivity index (χ3n) is 6.79. The van der Waals surface area contributed by atoms with Crippen molar-refractivity contribution in [3.05, 3.63) is 116 Å². The second-order valence-electron chi connectivity index (χ2n) is 9.60. The molecule has 4 aromatic carbocycles. The number of fused-ring (bicyclic) bond motifs is 1. The average molecular weight is 699 g/mol. The zero-order chi connectivity index (χ0) is 30.9. The number of amides is 1. The number of anilines is 2. The Balaban J connectivity index is 1.41. The van der Waals surface area contributed by atoms with E-state index < -0.39 is 32.5 Å². The van der Waals surface area contributed by atoms with Crippen LogP contribution in [0.5, 0.6) is 0 Å². The van der Waals surface area contributed by atoms with E-state index in [9.17, 15) is 21.6 Å². The van der Waals surface area contributed by atoms with Crippen LogP contribution in [0.25, 0.3) is 0 Å². The molecule has 1 amide bonds. The number of halogens is 4. The summed E-state index contributed by atoms with van der Waals surface area (Å²) in [6, 6.07) is 21.1.